The van der Waals surface area contributed by atoms with Gasteiger partial charge in [-0.05, 0) is 23.6 Å². The van der Waals surface area contributed by atoms with E-state index in [9.17, 15) is 0 Å². The number of rotatable bonds is 4. The molecule has 0 aliphatic rings. The number of thiocarbonyl (C=S) groups is 1. The van der Waals surface area contributed by atoms with E-state index >= 15 is 0 Å². The number of halogens is 2. The van der Waals surface area contributed by atoms with E-state index in [1.54, 1.807) is 0 Å². The van der Waals surface area contributed by atoms with Crippen LogP contribution in [0.4, 0.5) is 0 Å². The second-order valence-corrected chi connectivity index (χ2v) is 4.93. The number of methoxy groups -OCH3 is 1. The van der Waals surface area contributed by atoms with Gasteiger partial charge in [-0.25, -0.2) is 0 Å². The highest BCUT2D eigenvalue weighted by atomic mass is 35.5. The van der Waals surface area contributed by atoms with Crippen LogP contribution in [0.15, 0.2) is 12.1 Å². The first-order valence-corrected chi connectivity index (χ1v) is 5.93. The second kappa shape index (κ2) is 5.71. The third-order valence-electron chi connectivity index (χ3n) is 2.30. The molecule has 0 fully saturated rings. The van der Waals surface area contributed by atoms with Gasteiger partial charge in [0.15, 0.2) is 5.75 Å². The molecule has 0 bridgehead atoms. The molecule has 2 N–H and O–H groups in total. The molecule has 0 amide bonds. The highest BCUT2D eigenvalue weighted by Crippen LogP contribution is 2.36. The van der Waals surface area contributed by atoms with E-state index in [0.29, 0.717) is 27.2 Å². The van der Waals surface area contributed by atoms with E-state index in [2.05, 4.69) is 0 Å². The molecule has 16 heavy (non-hydrogen) atoms. The van der Waals surface area contributed by atoms with Gasteiger partial charge in [0.2, 0.25) is 0 Å². The summed E-state index contributed by atoms with van der Waals surface area (Å²) in [6.45, 7) is 2.02. The maximum atomic E-state index is 6.04. The van der Waals surface area contributed by atoms with Gasteiger partial charge in [0.1, 0.15) is 0 Å². The van der Waals surface area contributed by atoms with Crippen LogP contribution >= 0.6 is 35.4 Å². The minimum absolute atomic E-state index is 0.193. The van der Waals surface area contributed by atoms with Crippen molar-refractivity contribution in [3.63, 3.8) is 0 Å². The molecule has 1 aromatic carbocycles. The van der Waals surface area contributed by atoms with Crippen LogP contribution in [0.2, 0.25) is 10.0 Å². The van der Waals surface area contributed by atoms with Gasteiger partial charge in [-0.1, -0.05) is 42.3 Å². The fourth-order valence-corrected chi connectivity index (χ4v) is 2.39. The Morgan fingerprint density at radius 2 is 1.94 bits per heavy atom. The van der Waals surface area contributed by atoms with Crippen molar-refractivity contribution in [3.05, 3.63) is 27.7 Å². The molecule has 1 rings (SSSR count). The van der Waals surface area contributed by atoms with Crippen LogP contribution in [0.1, 0.15) is 24.8 Å². The van der Waals surface area contributed by atoms with Crippen molar-refractivity contribution in [2.45, 2.75) is 19.3 Å². The minimum Gasteiger partial charge on any atom is -0.494 e. The normalized spacial score (nSPS) is 12.2. The Morgan fingerprint density at radius 1 is 1.44 bits per heavy atom. The Kier molecular flexibility index (Phi) is 4.84. The Hall–Kier alpha value is -0.510. The van der Waals surface area contributed by atoms with Crippen LogP contribution in [-0.4, -0.2) is 12.1 Å². The van der Waals surface area contributed by atoms with Crippen molar-refractivity contribution >= 4 is 40.4 Å². The van der Waals surface area contributed by atoms with Crippen LogP contribution in [0.3, 0.4) is 0 Å². The van der Waals surface area contributed by atoms with Crippen LogP contribution in [0.5, 0.6) is 5.75 Å². The molecule has 2 nitrogen and oxygen atoms in total. The second-order valence-electron chi connectivity index (χ2n) is 3.59. The van der Waals surface area contributed by atoms with Gasteiger partial charge >= 0.3 is 0 Å². The average molecular weight is 278 g/mol. The van der Waals surface area contributed by atoms with Crippen molar-refractivity contribution in [1.29, 1.82) is 0 Å². The molecule has 0 aliphatic heterocycles. The highest BCUT2D eigenvalue weighted by Gasteiger charge is 2.13. The number of hydrogen-bond donors (Lipinski definition) is 1. The summed E-state index contributed by atoms with van der Waals surface area (Å²) in [5.41, 5.74) is 6.51. The van der Waals surface area contributed by atoms with Gasteiger partial charge in [-0.3, -0.25) is 0 Å². The van der Waals surface area contributed by atoms with Gasteiger partial charge in [-0.2, -0.15) is 0 Å². The topological polar surface area (TPSA) is 35.2 Å². The molecule has 88 valence electrons. The maximum absolute atomic E-state index is 6.04. The lowest BCUT2D eigenvalue weighted by atomic mass is 9.98. The van der Waals surface area contributed by atoms with Gasteiger partial charge < -0.3 is 10.5 Å². The molecule has 1 atom stereocenters. The van der Waals surface area contributed by atoms with Crippen LogP contribution < -0.4 is 10.5 Å². The lowest BCUT2D eigenvalue weighted by Crippen LogP contribution is -2.11. The van der Waals surface area contributed by atoms with Crippen LogP contribution in [0.25, 0.3) is 0 Å². The molecule has 0 spiro atoms. The number of nitrogens with two attached hydrogens (primary N) is 1. The van der Waals surface area contributed by atoms with Crippen molar-refractivity contribution < 1.29 is 4.74 Å². The molecule has 1 aromatic rings. The predicted octanol–water partition coefficient (Wildman–Crippen LogP) is 3.78. The first-order valence-electron chi connectivity index (χ1n) is 4.77. The van der Waals surface area contributed by atoms with E-state index in [4.69, 9.17) is 45.9 Å². The van der Waals surface area contributed by atoms with E-state index in [-0.39, 0.29) is 5.92 Å². The Bertz CT molecular complexity index is 386. The van der Waals surface area contributed by atoms with Crippen molar-refractivity contribution in [3.8, 4) is 5.75 Å². The van der Waals surface area contributed by atoms with Crippen molar-refractivity contribution in [1.82, 2.24) is 0 Å². The molecular formula is C11H13Cl2NOS. The summed E-state index contributed by atoms with van der Waals surface area (Å²) in [5.74, 6) is 0.688. The fraction of sp³-hybridized carbons (Fsp3) is 0.364. The molecule has 0 saturated carbocycles. The molecule has 0 saturated heterocycles. The predicted molar refractivity (Wildman–Crippen MR) is 72.8 cm³/mol. The number of benzene rings is 1. The van der Waals surface area contributed by atoms with Crippen LogP contribution in [-0.2, 0) is 0 Å². The molecule has 0 aliphatic carbocycles. The number of ether oxygens (including phenoxy) is 1. The summed E-state index contributed by atoms with van der Waals surface area (Å²) >= 11 is 17.0. The smallest absolute Gasteiger partial charge is 0.156 e. The standard InChI is InChI=1S/C11H13Cl2NOS/c1-6(3-10(14)16)7-4-8(12)11(15-2)9(13)5-7/h4-6H,3H2,1-2H3,(H2,14,16). The largest absolute Gasteiger partial charge is 0.494 e. The first-order chi connectivity index (χ1) is 7.45. The third kappa shape index (κ3) is 3.24. The van der Waals surface area contributed by atoms with E-state index < -0.39 is 0 Å². The zero-order chi connectivity index (χ0) is 12.3. The van der Waals surface area contributed by atoms with Gasteiger partial charge in [0.05, 0.1) is 22.1 Å². The lowest BCUT2D eigenvalue weighted by molar-refractivity contribution is 0.415. The average Bonchev–Trinajstić information content (AvgIpc) is 2.16. The SMILES string of the molecule is COc1c(Cl)cc(C(C)CC(N)=S)cc1Cl. The Balaban J connectivity index is 3.03. The molecule has 0 heterocycles. The summed E-state index contributed by atoms with van der Waals surface area (Å²) in [5, 5.41) is 1.000. The fourth-order valence-electron chi connectivity index (χ4n) is 1.48. The molecule has 1 unspecified atom stereocenters. The molecular weight excluding hydrogens is 265 g/mol. The van der Waals surface area contributed by atoms with E-state index in [0.717, 1.165) is 5.56 Å². The van der Waals surface area contributed by atoms with Gasteiger partial charge in [0, 0.05) is 6.42 Å². The van der Waals surface area contributed by atoms with Crippen LogP contribution in [0, 0.1) is 0 Å². The summed E-state index contributed by atoms with van der Waals surface area (Å²) in [6.07, 6.45) is 0.633. The van der Waals surface area contributed by atoms with Gasteiger partial charge in [0.25, 0.3) is 0 Å². The third-order valence-corrected chi connectivity index (χ3v) is 3.03. The van der Waals surface area contributed by atoms with Crippen molar-refractivity contribution in [2.24, 2.45) is 5.73 Å². The minimum atomic E-state index is 0.193. The molecule has 0 aromatic heterocycles. The summed E-state index contributed by atoms with van der Waals surface area (Å²) in [4.78, 5) is 0.482. The first kappa shape index (κ1) is 13.6. The van der Waals surface area contributed by atoms with Gasteiger partial charge in [-0.15, -0.1) is 0 Å². The number of hydrogen-bond acceptors (Lipinski definition) is 2. The Morgan fingerprint density at radius 3 is 2.31 bits per heavy atom. The quantitative estimate of drug-likeness (QED) is 0.851. The van der Waals surface area contributed by atoms with E-state index in [1.165, 1.54) is 7.11 Å². The highest BCUT2D eigenvalue weighted by molar-refractivity contribution is 7.80. The molecule has 5 heteroatoms. The lowest BCUT2D eigenvalue weighted by Gasteiger charge is -2.14. The maximum Gasteiger partial charge on any atom is 0.156 e. The zero-order valence-corrected chi connectivity index (χ0v) is 11.4. The summed E-state index contributed by atoms with van der Waals surface area (Å²) in [7, 11) is 1.53. The monoisotopic (exact) mass is 277 g/mol. The Labute approximate surface area is 111 Å². The summed E-state index contributed by atoms with van der Waals surface area (Å²) in [6, 6.07) is 3.66. The zero-order valence-electron chi connectivity index (χ0n) is 9.09. The molecule has 0 radical (unpaired) electrons. The van der Waals surface area contributed by atoms with E-state index in [1.807, 2.05) is 19.1 Å². The van der Waals surface area contributed by atoms with Crippen molar-refractivity contribution in [2.75, 3.05) is 7.11 Å². The summed E-state index contributed by atoms with van der Waals surface area (Å²) < 4.78 is 5.08.